The van der Waals surface area contributed by atoms with E-state index in [1.54, 1.807) is 6.20 Å². The summed E-state index contributed by atoms with van der Waals surface area (Å²) in [6.45, 7) is 0.629. The molecule has 0 spiro atoms. The van der Waals surface area contributed by atoms with Gasteiger partial charge in [0, 0.05) is 6.20 Å². The van der Waals surface area contributed by atoms with Crippen molar-refractivity contribution in [3.63, 3.8) is 0 Å². The predicted molar refractivity (Wildman–Crippen MR) is 75.5 cm³/mol. The molecule has 98 valence electrons. The van der Waals surface area contributed by atoms with Crippen molar-refractivity contribution in [1.82, 2.24) is 4.98 Å². The molecule has 2 aromatic rings. The Morgan fingerprint density at radius 1 is 1.05 bits per heavy atom. The Morgan fingerprint density at radius 2 is 1.95 bits per heavy atom. The molecule has 1 aromatic heterocycles. The lowest BCUT2D eigenvalue weighted by Crippen LogP contribution is -2.03. The minimum absolute atomic E-state index is 0.629. The molecule has 3 rings (SSSR count). The molecule has 0 radical (unpaired) electrons. The van der Waals surface area contributed by atoms with E-state index < -0.39 is 0 Å². The number of pyridine rings is 1. The summed E-state index contributed by atoms with van der Waals surface area (Å²) in [7, 11) is 0. The number of rotatable bonds is 4. The first-order valence-corrected chi connectivity index (χ1v) is 6.79. The lowest BCUT2D eigenvalue weighted by atomic mass is 10.1. The molecule has 0 amide bonds. The molecule has 3 heteroatoms. The number of aryl methyl sites for hydroxylation is 2. The van der Waals surface area contributed by atoms with Crippen molar-refractivity contribution in [2.24, 2.45) is 5.73 Å². The zero-order valence-electron chi connectivity index (χ0n) is 10.9. The van der Waals surface area contributed by atoms with Crippen molar-refractivity contribution in [3.05, 3.63) is 53.3 Å². The van der Waals surface area contributed by atoms with Crippen molar-refractivity contribution < 1.29 is 4.74 Å². The first-order chi connectivity index (χ1) is 9.35. The Balaban J connectivity index is 1.79. The molecule has 1 aromatic carbocycles. The standard InChI is InChI=1S/C16H18N2O/c17-7-6-12-8-16(11-18-10-12)19-15-5-4-13-2-1-3-14(13)9-15/h4-5,8-11H,1-3,6-7,17H2. The number of nitrogens with zero attached hydrogens (tertiary/aromatic N) is 1. The summed E-state index contributed by atoms with van der Waals surface area (Å²) in [4.78, 5) is 4.19. The van der Waals surface area contributed by atoms with Crippen LogP contribution in [0.5, 0.6) is 11.5 Å². The number of ether oxygens (including phenoxy) is 1. The van der Waals surface area contributed by atoms with E-state index in [4.69, 9.17) is 10.5 Å². The molecule has 0 aliphatic heterocycles. The first kappa shape index (κ1) is 12.2. The third-order valence-electron chi connectivity index (χ3n) is 3.51. The van der Waals surface area contributed by atoms with Crippen LogP contribution < -0.4 is 10.5 Å². The van der Waals surface area contributed by atoms with E-state index in [9.17, 15) is 0 Å². The fourth-order valence-electron chi connectivity index (χ4n) is 2.57. The molecular weight excluding hydrogens is 236 g/mol. The van der Waals surface area contributed by atoms with E-state index in [-0.39, 0.29) is 0 Å². The second-order valence-corrected chi connectivity index (χ2v) is 4.95. The Bertz CT molecular complexity index is 581. The molecule has 0 saturated heterocycles. The lowest BCUT2D eigenvalue weighted by Gasteiger charge is -2.08. The van der Waals surface area contributed by atoms with Gasteiger partial charge in [-0.3, -0.25) is 4.98 Å². The van der Waals surface area contributed by atoms with E-state index in [0.717, 1.165) is 29.9 Å². The van der Waals surface area contributed by atoms with Gasteiger partial charge in [0.05, 0.1) is 6.20 Å². The molecule has 2 N–H and O–H groups in total. The van der Waals surface area contributed by atoms with E-state index in [1.807, 2.05) is 18.3 Å². The summed E-state index contributed by atoms with van der Waals surface area (Å²) in [6.07, 6.45) is 8.03. The Labute approximate surface area is 113 Å². The second-order valence-electron chi connectivity index (χ2n) is 4.95. The van der Waals surface area contributed by atoms with Gasteiger partial charge in [0.15, 0.2) is 0 Å². The fourth-order valence-corrected chi connectivity index (χ4v) is 2.57. The second kappa shape index (κ2) is 5.41. The van der Waals surface area contributed by atoms with E-state index >= 15 is 0 Å². The van der Waals surface area contributed by atoms with Crippen molar-refractivity contribution in [3.8, 4) is 11.5 Å². The number of hydrogen-bond donors (Lipinski definition) is 1. The van der Waals surface area contributed by atoms with Crippen LogP contribution in [0.15, 0.2) is 36.7 Å². The summed E-state index contributed by atoms with van der Waals surface area (Å²) in [5.74, 6) is 1.68. The largest absolute Gasteiger partial charge is 0.456 e. The van der Waals surface area contributed by atoms with Gasteiger partial charge in [0.25, 0.3) is 0 Å². The monoisotopic (exact) mass is 254 g/mol. The van der Waals surface area contributed by atoms with Crippen molar-refractivity contribution in [2.75, 3.05) is 6.54 Å². The molecule has 1 aliphatic carbocycles. The maximum absolute atomic E-state index is 5.89. The molecule has 0 bridgehead atoms. The summed E-state index contributed by atoms with van der Waals surface area (Å²) in [5.41, 5.74) is 9.55. The average Bonchev–Trinajstić information content (AvgIpc) is 2.87. The molecule has 1 heterocycles. The van der Waals surface area contributed by atoms with Crippen LogP contribution in [0, 0.1) is 0 Å². The minimum Gasteiger partial charge on any atom is -0.456 e. The van der Waals surface area contributed by atoms with Crippen LogP contribution in [0.4, 0.5) is 0 Å². The van der Waals surface area contributed by atoms with Gasteiger partial charge in [0.2, 0.25) is 0 Å². The van der Waals surface area contributed by atoms with Crippen molar-refractivity contribution in [2.45, 2.75) is 25.7 Å². The number of hydrogen-bond acceptors (Lipinski definition) is 3. The fraction of sp³-hybridized carbons (Fsp3) is 0.312. The molecule has 0 fully saturated rings. The maximum atomic E-state index is 5.89. The molecule has 0 unspecified atom stereocenters. The van der Waals surface area contributed by atoms with Crippen LogP contribution in [0.1, 0.15) is 23.1 Å². The SMILES string of the molecule is NCCc1cncc(Oc2ccc3c(c2)CCC3)c1. The van der Waals surface area contributed by atoms with Crippen LogP contribution in [0.3, 0.4) is 0 Å². The van der Waals surface area contributed by atoms with Gasteiger partial charge in [-0.1, -0.05) is 6.07 Å². The highest BCUT2D eigenvalue weighted by Crippen LogP contribution is 2.28. The van der Waals surface area contributed by atoms with Gasteiger partial charge in [0.1, 0.15) is 11.5 Å². The van der Waals surface area contributed by atoms with E-state index in [0.29, 0.717) is 6.54 Å². The maximum Gasteiger partial charge on any atom is 0.145 e. The average molecular weight is 254 g/mol. The van der Waals surface area contributed by atoms with Gasteiger partial charge in [-0.05, 0) is 67.1 Å². The van der Waals surface area contributed by atoms with Crippen LogP contribution in [0.2, 0.25) is 0 Å². The molecule has 0 atom stereocenters. The Kier molecular flexibility index (Phi) is 3.47. The van der Waals surface area contributed by atoms with Crippen LogP contribution in [-0.4, -0.2) is 11.5 Å². The van der Waals surface area contributed by atoms with Gasteiger partial charge in [-0.15, -0.1) is 0 Å². The highest BCUT2D eigenvalue weighted by Gasteiger charge is 2.11. The summed E-state index contributed by atoms with van der Waals surface area (Å²) < 4.78 is 5.89. The Hall–Kier alpha value is -1.87. The Morgan fingerprint density at radius 3 is 2.84 bits per heavy atom. The first-order valence-electron chi connectivity index (χ1n) is 6.79. The molecule has 3 nitrogen and oxygen atoms in total. The lowest BCUT2D eigenvalue weighted by molar-refractivity contribution is 0.479. The molecular formula is C16H18N2O. The highest BCUT2D eigenvalue weighted by atomic mass is 16.5. The van der Waals surface area contributed by atoms with Crippen molar-refractivity contribution in [1.29, 1.82) is 0 Å². The van der Waals surface area contributed by atoms with Crippen LogP contribution in [0.25, 0.3) is 0 Å². The zero-order chi connectivity index (χ0) is 13.1. The number of benzene rings is 1. The van der Waals surface area contributed by atoms with E-state index in [2.05, 4.69) is 17.1 Å². The molecule has 1 aliphatic rings. The van der Waals surface area contributed by atoms with Crippen LogP contribution >= 0.6 is 0 Å². The highest BCUT2D eigenvalue weighted by molar-refractivity contribution is 5.40. The smallest absolute Gasteiger partial charge is 0.145 e. The minimum atomic E-state index is 0.629. The normalized spacial score (nSPS) is 13.3. The van der Waals surface area contributed by atoms with Crippen molar-refractivity contribution >= 4 is 0 Å². The zero-order valence-corrected chi connectivity index (χ0v) is 10.9. The third kappa shape index (κ3) is 2.76. The molecule has 0 saturated carbocycles. The van der Waals surface area contributed by atoms with Gasteiger partial charge in [-0.25, -0.2) is 0 Å². The van der Waals surface area contributed by atoms with Gasteiger partial charge < -0.3 is 10.5 Å². The summed E-state index contributed by atoms with van der Waals surface area (Å²) in [6, 6.07) is 8.37. The predicted octanol–water partition coefficient (Wildman–Crippen LogP) is 2.86. The van der Waals surface area contributed by atoms with Gasteiger partial charge in [-0.2, -0.15) is 0 Å². The summed E-state index contributed by atoms with van der Waals surface area (Å²) >= 11 is 0. The molecule has 19 heavy (non-hydrogen) atoms. The summed E-state index contributed by atoms with van der Waals surface area (Å²) in [5, 5.41) is 0. The number of fused-ring (bicyclic) bond motifs is 1. The van der Waals surface area contributed by atoms with Crippen LogP contribution in [-0.2, 0) is 19.3 Å². The van der Waals surface area contributed by atoms with E-state index in [1.165, 1.54) is 24.0 Å². The number of nitrogens with two attached hydrogens (primary N) is 1. The number of aromatic nitrogens is 1. The van der Waals surface area contributed by atoms with Gasteiger partial charge >= 0.3 is 0 Å². The third-order valence-corrected chi connectivity index (χ3v) is 3.51. The quantitative estimate of drug-likeness (QED) is 0.912. The topological polar surface area (TPSA) is 48.1 Å².